The normalized spacial score (nSPS) is 15.7. The standard InChI is InChI=1S/C28H28N6O/c1-5-9-17-10-8-11-20-25(17)34-24-14-18(19-15-30-26(31-16-19)21(29)6-2)12-13-22(24)32-27(34)23(7-3)33(4)28(20)35/h8,10-16,21,23H,6-7,29H2,1-4H3. The Hall–Kier alpha value is -4.02. The van der Waals surface area contributed by atoms with Crippen molar-refractivity contribution >= 4 is 16.9 Å². The number of imidazole rings is 1. The molecule has 2 unspecified atom stereocenters. The zero-order chi connectivity index (χ0) is 24.7. The molecule has 5 rings (SSSR count). The Morgan fingerprint density at radius 2 is 1.89 bits per heavy atom. The minimum atomic E-state index is -0.174. The lowest BCUT2D eigenvalue weighted by atomic mass is 10.0. The SMILES string of the molecule is CC#Cc1cccc2c1-n1c(nc3ccc(-c4cnc(C(N)CC)nc4)cc31)C(CC)N(C)C2=O. The molecule has 2 aromatic heterocycles. The summed E-state index contributed by atoms with van der Waals surface area (Å²) in [6, 6.07) is 11.5. The first-order chi connectivity index (χ1) is 17.0. The highest BCUT2D eigenvalue weighted by molar-refractivity contribution is 6.01. The van der Waals surface area contributed by atoms with Crippen LogP contribution in [0.4, 0.5) is 0 Å². The molecule has 7 nitrogen and oxygen atoms in total. The molecule has 176 valence electrons. The van der Waals surface area contributed by atoms with Gasteiger partial charge in [0, 0.05) is 30.6 Å². The van der Waals surface area contributed by atoms with Gasteiger partial charge in [-0.05, 0) is 49.6 Å². The lowest BCUT2D eigenvalue weighted by Crippen LogP contribution is -2.30. The van der Waals surface area contributed by atoms with Gasteiger partial charge in [-0.1, -0.05) is 31.9 Å². The highest BCUT2D eigenvalue weighted by atomic mass is 16.2. The number of nitrogens with zero attached hydrogens (tertiary/aromatic N) is 5. The fraction of sp³-hybridized carbons (Fsp3) is 0.286. The van der Waals surface area contributed by atoms with Gasteiger partial charge in [-0.15, -0.1) is 5.92 Å². The topological polar surface area (TPSA) is 89.9 Å². The van der Waals surface area contributed by atoms with E-state index in [4.69, 9.17) is 10.7 Å². The fourth-order valence-electron chi connectivity index (χ4n) is 4.75. The number of para-hydroxylation sites is 1. The number of aromatic nitrogens is 4. The van der Waals surface area contributed by atoms with Crippen LogP contribution in [-0.4, -0.2) is 37.4 Å². The summed E-state index contributed by atoms with van der Waals surface area (Å²) in [5.41, 5.74) is 11.9. The van der Waals surface area contributed by atoms with E-state index in [2.05, 4.69) is 39.4 Å². The second kappa shape index (κ2) is 8.97. The van der Waals surface area contributed by atoms with E-state index in [-0.39, 0.29) is 18.0 Å². The maximum absolute atomic E-state index is 13.5. The number of nitrogens with two attached hydrogens (primary N) is 1. The van der Waals surface area contributed by atoms with Crippen LogP contribution in [0.15, 0.2) is 48.8 Å². The Bertz CT molecular complexity index is 1490. The monoisotopic (exact) mass is 464 g/mol. The Balaban J connectivity index is 1.78. The Kier molecular flexibility index (Phi) is 5.83. The molecule has 0 bridgehead atoms. The molecule has 1 amide bonds. The third-order valence-electron chi connectivity index (χ3n) is 6.68. The van der Waals surface area contributed by atoms with Gasteiger partial charge in [-0.2, -0.15) is 0 Å². The summed E-state index contributed by atoms with van der Waals surface area (Å²) >= 11 is 0. The predicted molar refractivity (Wildman–Crippen MR) is 137 cm³/mol. The first-order valence-corrected chi connectivity index (χ1v) is 11.9. The van der Waals surface area contributed by atoms with Crippen molar-refractivity contribution in [3.63, 3.8) is 0 Å². The maximum atomic E-state index is 13.5. The third-order valence-corrected chi connectivity index (χ3v) is 6.68. The molecule has 35 heavy (non-hydrogen) atoms. The number of fused-ring (bicyclic) bond motifs is 5. The molecule has 2 atom stereocenters. The van der Waals surface area contributed by atoms with Gasteiger partial charge >= 0.3 is 0 Å². The van der Waals surface area contributed by atoms with Gasteiger partial charge in [0.15, 0.2) is 0 Å². The largest absolute Gasteiger partial charge is 0.331 e. The molecule has 7 heteroatoms. The molecule has 0 radical (unpaired) electrons. The van der Waals surface area contributed by atoms with Crippen molar-refractivity contribution in [2.75, 3.05) is 7.05 Å². The van der Waals surface area contributed by atoms with Crippen molar-refractivity contribution in [1.29, 1.82) is 0 Å². The smallest absolute Gasteiger partial charge is 0.256 e. The predicted octanol–water partition coefficient (Wildman–Crippen LogP) is 4.80. The summed E-state index contributed by atoms with van der Waals surface area (Å²) in [6.45, 7) is 5.90. The summed E-state index contributed by atoms with van der Waals surface area (Å²) in [6.07, 6.45) is 5.15. The van der Waals surface area contributed by atoms with E-state index < -0.39 is 0 Å². The summed E-state index contributed by atoms with van der Waals surface area (Å²) in [4.78, 5) is 29.2. The van der Waals surface area contributed by atoms with E-state index in [1.54, 1.807) is 11.8 Å². The van der Waals surface area contributed by atoms with Crippen LogP contribution in [0.1, 0.15) is 73.3 Å². The second-order valence-corrected chi connectivity index (χ2v) is 8.77. The number of hydrogen-bond acceptors (Lipinski definition) is 5. The van der Waals surface area contributed by atoms with E-state index in [0.29, 0.717) is 11.4 Å². The average Bonchev–Trinajstić information content (AvgIpc) is 3.22. The third kappa shape index (κ3) is 3.67. The van der Waals surface area contributed by atoms with Crippen molar-refractivity contribution in [3.05, 3.63) is 71.6 Å². The van der Waals surface area contributed by atoms with Crippen LogP contribution in [0.5, 0.6) is 0 Å². The lowest BCUT2D eigenvalue weighted by Gasteiger charge is -2.24. The van der Waals surface area contributed by atoms with Crippen molar-refractivity contribution < 1.29 is 4.79 Å². The number of carbonyl (C=O) groups is 1. The molecule has 0 fully saturated rings. The average molecular weight is 465 g/mol. The van der Waals surface area contributed by atoms with Crippen molar-refractivity contribution in [3.8, 4) is 28.7 Å². The molecule has 3 heterocycles. The van der Waals surface area contributed by atoms with Gasteiger partial charge in [-0.3, -0.25) is 9.36 Å². The number of carbonyl (C=O) groups excluding carboxylic acids is 1. The van der Waals surface area contributed by atoms with E-state index in [1.165, 1.54) is 0 Å². The minimum absolute atomic E-state index is 0.0299. The fourth-order valence-corrected chi connectivity index (χ4v) is 4.75. The van der Waals surface area contributed by atoms with Gasteiger partial charge < -0.3 is 10.6 Å². The highest BCUT2D eigenvalue weighted by Crippen LogP contribution is 2.38. The maximum Gasteiger partial charge on any atom is 0.256 e. The Morgan fingerprint density at radius 1 is 1.11 bits per heavy atom. The van der Waals surface area contributed by atoms with Crippen LogP contribution in [0.25, 0.3) is 27.8 Å². The van der Waals surface area contributed by atoms with Crippen LogP contribution in [-0.2, 0) is 0 Å². The van der Waals surface area contributed by atoms with Crippen LogP contribution in [0.3, 0.4) is 0 Å². The number of hydrogen-bond donors (Lipinski definition) is 1. The molecule has 2 N–H and O–H groups in total. The highest BCUT2D eigenvalue weighted by Gasteiger charge is 2.34. The molecule has 0 saturated heterocycles. The van der Waals surface area contributed by atoms with Gasteiger partial charge in [-0.25, -0.2) is 15.0 Å². The molecule has 1 aliphatic heterocycles. The van der Waals surface area contributed by atoms with E-state index in [9.17, 15) is 4.79 Å². The molecule has 4 aromatic rings. The molecule has 2 aromatic carbocycles. The second-order valence-electron chi connectivity index (χ2n) is 8.77. The van der Waals surface area contributed by atoms with Gasteiger partial charge in [0.05, 0.1) is 34.4 Å². The first-order valence-electron chi connectivity index (χ1n) is 11.9. The van der Waals surface area contributed by atoms with Gasteiger partial charge in [0.25, 0.3) is 5.91 Å². The van der Waals surface area contributed by atoms with Crippen LogP contribution in [0, 0.1) is 11.8 Å². The molecular formula is C28H28N6O. The lowest BCUT2D eigenvalue weighted by molar-refractivity contribution is 0.0726. The van der Waals surface area contributed by atoms with Crippen LogP contribution >= 0.6 is 0 Å². The van der Waals surface area contributed by atoms with Gasteiger partial charge in [0.2, 0.25) is 0 Å². The molecular weight excluding hydrogens is 436 g/mol. The zero-order valence-corrected chi connectivity index (χ0v) is 20.4. The number of amides is 1. The minimum Gasteiger partial charge on any atom is -0.331 e. The van der Waals surface area contributed by atoms with Crippen molar-refractivity contribution in [2.45, 2.75) is 45.7 Å². The number of benzene rings is 2. The van der Waals surface area contributed by atoms with E-state index in [1.807, 2.05) is 56.7 Å². The summed E-state index contributed by atoms with van der Waals surface area (Å²) in [7, 11) is 1.85. The van der Waals surface area contributed by atoms with Crippen LogP contribution in [0.2, 0.25) is 0 Å². The molecule has 0 aliphatic carbocycles. The van der Waals surface area contributed by atoms with E-state index in [0.717, 1.165) is 52.1 Å². The molecule has 1 aliphatic rings. The van der Waals surface area contributed by atoms with E-state index >= 15 is 0 Å². The summed E-state index contributed by atoms with van der Waals surface area (Å²) in [5.74, 6) is 7.63. The van der Waals surface area contributed by atoms with Crippen molar-refractivity contribution in [1.82, 2.24) is 24.4 Å². The zero-order valence-electron chi connectivity index (χ0n) is 20.4. The number of rotatable bonds is 4. The summed E-state index contributed by atoms with van der Waals surface area (Å²) < 4.78 is 2.12. The summed E-state index contributed by atoms with van der Waals surface area (Å²) in [5, 5.41) is 0. The van der Waals surface area contributed by atoms with Crippen molar-refractivity contribution in [2.24, 2.45) is 5.73 Å². The Labute approximate surface area is 205 Å². The quantitative estimate of drug-likeness (QED) is 0.438. The first kappa shape index (κ1) is 22.8. The Morgan fingerprint density at radius 3 is 2.57 bits per heavy atom. The van der Waals surface area contributed by atoms with Gasteiger partial charge in [0.1, 0.15) is 11.6 Å². The van der Waals surface area contributed by atoms with Crippen LogP contribution < -0.4 is 5.73 Å². The molecule has 0 spiro atoms. The molecule has 0 saturated carbocycles.